The van der Waals surface area contributed by atoms with E-state index in [0.29, 0.717) is 10.6 Å². The first kappa shape index (κ1) is 14.9. The molecule has 0 fully saturated rings. The Labute approximate surface area is 122 Å². The van der Waals surface area contributed by atoms with Gasteiger partial charge in [0.25, 0.3) is 0 Å². The number of nitrogens with one attached hydrogen (secondary N) is 1. The summed E-state index contributed by atoms with van der Waals surface area (Å²) in [6.45, 7) is 1.89. The van der Waals surface area contributed by atoms with E-state index in [1.54, 1.807) is 24.3 Å². The molecular formula is C14H15N3O3S. The Morgan fingerprint density at radius 3 is 2.24 bits per heavy atom. The Hall–Kier alpha value is -2.54. The lowest BCUT2D eigenvalue weighted by atomic mass is 10.2. The summed E-state index contributed by atoms with van der Waals surface area (Å²) in [5, 5.41) is 9.25. The number of rotatable bonds is 3. The Kier molecular flexibility index (Phi) is 4.13. The second kappa shape index (κ2) is 5.84. The summed E-state index contributed by atoms with van der Waals surface area (Å²) in [6, 6.07) is 11.7. The average Bonchev–Trinajstić information content (AvgIpc) is 2.41. The lowest BCUT2D eigenvalue weighted by molar-refractivity contribution is 0.257. The van der Waals surface area contributed by atoms with Crippen LogP contribution in [0, 0.1) is 6.92 Å². The van der Waals surface area contributed by atoms with Crippen molar-refractivity contribution in [3.05, 3.63) is 54.1 Å². The first-order valence-corrected chi connectivity index (χ1v) is 7.61. The van der Waals surface area contributed by atoms with E-state index in [9.17, 15) is 14.1 Å². The van der Waals surface area contributed by atoms with E-state index in [1.807, 2.05) is 6.92 Å². The molecule has 4 N–H and O–H groups in total. The number of aromatic hydroxyl groups is 1. The van der Waals surface area contributed by atoms with Gasteiger partial charge < -0.3 is 10.8 Å². The van der Waals surface area contributed by atoms with E-state index in [0.717, 1.165) is 5.56 Å². The summed E-state index contributed by atoms with van der Waals surface area (Å²) < 4.78 is 19.1. The highest BCUT2D eigenvalue weighted by atomic mass is 32.2. The summed E-state index contributed by atoms with van der Waals surface area (Å²) in [6.07, 6.45) is 0. The molecule has 0 heterocycles. The van der Waals surface area contributed by atoms with Crippen molar-refractivity contribution in [3.8, 4) is 5.75 Å². The standard InChI is InChI=1S/C14H15N3O3S/c1-10-2-8-13(9-3-10)21(20,17-14(15)19)16-11-4-6-12(18)7-5-11/h2-9,18H,1H3,(H3,15,16,17,19,20). The molecule has 1 atom stereocenters. The van der Waals surface area contributed by atoms with E-state index < -0.39 is 15.9 Å². The maximum absolute atomic E-state index is 12.9. The number of carbonyl (C=O) groups excluding carboxylic acids is 1. The van der Waals surface area contributed by atoms with Crippen LogP contribution in [-0.4, -0.2) is 15.3 Å². The van der Waals surface area contributed by atoms with Crippen LogP contribution in [0.3, 0.4) is 0 Å². The molecular weight excluding hydrogens is 290 g/mol. The van der Waals surface area contributed by atoms with E-state index in [4.69, 9.17) is 5.73 Å². The number of benzene rings is 2. The maximum atomic E-state index is 12.9. The number of urea groups is 1. The lowest BCUT2D eigenvalue weighted by Gasteiger charge is -2.13. The van der Waals surface area contributed by atoms with Gasteiger partial charge in [-0.3, -0.25) is 4.72 Å². The van der Waals surface area contributed by atoms with Gasteiger partial charge in [-0.1, -0.05) is 17.7 Å². The van der Waals surface area contributed by atoms with Crippen LogP contribution in [0.5, 0.6) is 5.75 Å². The van der Waals surface area contributed by atoms with Crippen LogP contribution in [0.2, 0.25) is 0 Å². The minimum absolute atomic E-state index is 0.0780. The molecule has 2 rings (SSSR count). The Morgan fingerprint density at radius 1 is 1.14 bits per heavy atom. The molecule has 7 heteroatoms. The second-order valence-electron chi connectivity index (χ2n) is 4.42. The van der Waals surface area contributed by atoms with Crippen LogP contribution in [0.4, 0.5) is 10.5 Å². The fourth-order valence-corrected chi connectivity index (χ4v) is 3.16. The van der Waals surface area contributed by atoms with Gasteiger partial charge in [-0.25, -0.2) is 9.00 Å². The predicted molar refractivity (Wildman–Crippen MR) is 81.3 cm³/mol. The first-order valence-electron chi connectivity index (χ1n) is 6.09. The van der Waals surface area contributed by atoms with Crippen molar-refractivity contribution in [2.45, 2.75) is 11.8 Å². The van der Waals surface area contributed by atoms with E-state index in [2.05, 4.69) is 9.08 Å². The minimum Gasteiger partial charge on any atom is -0.508 e. The number of hydrogen-bond donors (Lipinski definition) is 3. The number of carbonyl (C=O) groups is 1. The predicted octanol–water partition coefficient (Wildman–Crippen LogP) is 2.63. The van der Waals surface area contributed by atoms with E-state index in [-0.39, 0.29) is 5.75 Å². The highest BCUT2D eigenvalue weighted by Crippen LogP contribution is 2.20. The number of amides is 2. The van der Waals surface area contributed by atoms with Gasteiger partial charge in [0, 0.05) is 5.69 Å². The molecule has 0 aliphatic carbocycles. The Bertz CT molecular complexity index is 761. The highest BCUT2D eigenvalue weighted by molar-refractivity contribution is 7.95. The fraction of sp³-hybridized carbons (Fsp3) is 0.0714. The van der Waals surface area contributed by atoms with E-state index >= 15 is 0 Å². The minimum atomic E-state index is -3.23. The number of anilines is 1. The normalized spacial score (nSPS) is 13.2. The third-order valence-electron chi connectivity index (χ3n) is 2.68. The van der Waals surface area contributed by atoms with Crippen molar-refractivity contribution < 1.29 is 14.1 Å². The largest absolute Gasteiger partial charge is 0.508 e. The van der Waals surface area contributed by atoms with Crippen molar-refractivity contribution in [1.29, 1.82) is 0 Å². The summed E-state index contributed by atoms with van der Waals surface area (Å²) in [5.74, 6) is 0.0780. The van der Waals surface area contributed by atoms with Crippen molar-refractivity contribution in [3.63, 3.8) is 0 Å². The molecule has 0 bridgehead atoms. The lowest BCUT2D eigenvalue weighted by Crippen LogP contribution is -2.17. The van der Waals surface area contributed by atoms with Gasteiger partial charge in [-0.05, 0) is 43.3 Å². The zero-order valence-electron chi connectivity index (χ0n) is 11.3. The quantitative estimate of drug-likeness (QED) is 0.759. The summed E-state index contributed by atoms with van der Waals surface area (Å²) in [7, 11) is -3.23. The first-order chi connectivity index (χ1) is 9.89. The Morgan fingerprint density at radius 2 is 1.71 bits per heavy atom. The van der Waals surface area contributed by atoms with Crippen molar-refractivity contribution in [2.24, 2.45) is 10.1 Å². The highest BCUT2D eigenvalue weighted by Gasteiger charge is 2.14. The second-order valence-corrected chi connectivity index (χ2v) is 6.33. The topological polar surface area (TPSA) is 105 Å². The summed E-state index contributed by atoms with van der Waals surface area (Å²) in [5.41, 5.74) is 6.50. The summed E-state index contributed by atoms with van der Waals surface area (Å²) in [4.78, 5) is 11.4. The van der Waals surface area contributed by atoms with Crippen LogP contribution in [0.15, 0.2) is 57.8 Å². The molecule has 2 aromatic rings. The van der Waals surface area contributed by atoms with Crippen LogP contribution in [-0.2, 0) is 9.92 Å². The van der Waals surface area contributed by atoms with Crippen LogP contribution in [0.25, 0.3) is 0 Å². The molecule has 0 saturated carbocycles. The van der Waals surface area contributed by atoms with Gasteiger partial charge in [0.1, 0.15) is 5.75 Å². The number of aryl methyl sites for hydroxylation is 1. The number of hydrogen-bond acceptors (Lipinski definition) is 3. The van der Waals surface area contributed by atoms with Crippen molar-refractivity contribution in [2.75, 3.05) is 4.72 Å². The molecule has 6 nitrogen and oxygen atoms in total. The SMILES string of the molecule is Cc1ccc(S(=O)(=NC(N)=O)Nc2ccc(O)cc2)cc1. The smallest absolute Gasteiger partial charge is 0.348 e. The molecule has 1 unspecified atom stereocenters. The average molecular weight is 305 g/mol. The van der Waals surface area contributed by atoms with Crippen LogP contribution in [0.1, 0.15) is 5.56 Å². The van der Waals surface area contributed by atoms with Gasteiger partial charge >= 0.3 is 6.03 Å². The third-order valence-corrected chi connectivity index (χ3v) is 4.54. The van der Waals surface area contributed by atoms with Gasteiger partial charge in [0.15, 0.2) is 9.92 Å². The number of primary amides is 1. The molecule has 2 amide bonds. The van der Waals surface area contributed by atoms with Gasteiger partial charge in [0.2, 0.25) is 0 Å². The molecule has 110 valence electrons. The molecule has 0 aliphatic rings. The van der Waals surface area contributed by atoms with Gasteiger partial charge in [-0.2, -0.15) is 0 Å². The maximum Gasteiger partial charge on any atom is 0.348 e. The fourth-order valence-electron chi connectivity index (χ4n) is 1.67. The van der Waals surface area contributed by atoms with Crippen molar-refractivity contribution >= 4 is 21.6 Å². The van der Waals surface area contributed by atoms with Gasteiger partial charge in [0.05, 0.1) is 4.90 Å². The van der Waals surface area contributed by atoms with Crippen molar-refractivity contribution in [1.82, 2.24) is 0 Å². The molecule has 2 aromatic carbocycles. The zero-order chi connectivity index (χ0) is 15.5. The van der Waals surface area contributed by atoms with Gasteiger partial charge in [-0.15, -0.1) is 4.36 Å². The molecule has 0 saturated heterocycles. The third kappa shape index (κ3) is 3.73. The van der Waals surface area contributed by atoms with E-state index in [1.165, 1.54) is 24.3 Å². The van der Waals surface area contributed by atoms with Crippen LogP contribution >= 0.6 is 0 Å². The molecule has 21 heavy (non-hydrogen) atoms. The Balaban J connectivity index is 2.48. The molecule has 0 spiro atoms. The zero-order valence-corrected chi connectivity index (χ0v) is 12.1. The number of phenolic OH excluding ortho intramolecular Hbond substituents is 1. The number of phenols is 1. The molecule has 0 aromatic heterocycles. The number of nitrogens with zero attached hydrogens (tertiary/aromatic N) is 1. The number of nitrogens with two attached hydrogens (primary N) is 1. The van der Waals surface area contributed by atoms with Crippen LogP contribution < -0.4 is 10.5 Å². The monoisotopic (exact) mass is 305 g/mol. The molecule has 0 radical (unpaired) electrons. The summed E-state index contributed by atoms with van der Waals surface area (Å²) >= 11 is 0. The molecule has 0 aliphatic heterocycles.